The quantitative estimate of drug-likeness (QED) is 0.671. The zero-order valence-corrected chi connectivity index (χ0v) is 18.5. The first kappa shape index (κ1) is 22.7. The van der Waals surface area contributed by atoms with Gasteiger partial charge in [0.25, 0.3) is 0 Å². The highest BCUT2D eigenvalue weighted by atomic mass is 32.2. The zero-order valence-electron chi connectivity index (χ0n) is 17.7. The van der Waals surface area contributed by atoms with Gasteiger partial charge in [-0.1, -0.05) is 43.4 Å². The second-order valence-corrected chi connectivity index (χ2v) is 10.3. The van der Waals surface area contributed by atoms with Crippen LogP contribution in [-0.4, -0.2) is 49.7 Å². The monoisotopic (exact) mass is 435 g/mol. The Morgan fingerprint density at radius 2 is 1.63 bits per heavy atom. The molecule has 3 rings (SSSR count). The molecule has 0 aromatic heterocycles. The van der Waals surface area contributed by atoms with E-state index in [1.807, 2.05) is 6.92 Å². The van der Waals surface area contributed by atoms with E-state index in [1.54, 1.807) is 28.6 Å². The third-order valence-corrected chi connectivity index (χ3v) is 8.08. The summed E-state index contributed by atoms with van der Waals surface area (Å²) in [4.78, 5) is 24.5. The topological polar surface area (TPSA) is 95.6 Å². The summed E-state index contributed by atoms with van der Waals surface area (Å²) in [6.07, 6.45) is 8.24. The molecule has 8 heteroatoms. The highest BCUT2D eigenvalue weighted by Crippen LogP contribution is 2.27. The molecule has 7 nitrogen and oxygen atoms in total. The Hall–Kier alpha value is -1.93. The van der Waals surface area contributed by atoms with E-state index in [4.69, 9.17) is 0 Å². The summed E-state index contributed by atoms with van der Waals surface area (Å²) in [6, 6.07) is 6.81. The van der Waals surface area contributed by atoms with E-state index in [0.29, 0.717) is 17.9 Å². The van der Waals surface area contributed by atoms with E-state index in [9.17, 15) is 18.0 Å². The Kier molecular flexibility index (Phi) is 7.88. The number of hydrogen-bond acceptors (Lipinski definition) is 4. The average molecular weight is 436 g/mol. The van der Waals surface area contributed by atoms with Crippen molar-refractivity contribution in [3.05, 3.63) is 29.8 Å². The fourth-order valence-electron chi connectivity index (χ4n) is 4.36. The molecule has 1 aromatic rings. The first-order chi connectivity index (χ1) is 14.4. The van der Waals surface area contributed by atoms with Gasteiger partial charge in [-0.2, -0.15) is 4.31 Å². The number of amides is 2. The van der Waals surface area contributed by atoms with E-state index >= 15 is 0 Å². The van der Waals surface area contributed by atoms with Crippen molar-refractivity contribution in [2.24, 2.45) is 0 Å². The number of aryl methyl sites for hydroxylation is 1. The zero-order chi connectivity index (χ0) is 21.6. The highest BCUT2D eigenvalue weighted by molar-refractivity contribution is 7.89. The minimum Gasteiger partial charge on any atom is -0.348 e. The number of sulfonamides is 1. The summed E-state index contributed by atoms with van der Waals surface area (Å²) in [6.45, 7) is 2.69. The molecule has 0 bridgehead atoms. The lowest BCUT2D eigenvalue weighted by atomic mass is 9.95. The predicted molar refractivity (Wildman–Crippen MR) is 115 cm³/mol. The molecular weight excluding hydrogens is 402 g/mol. The van der Waals surface area contributed by atoms with Crippen molar-refractivity contribution in [2.75, 3.05) is 13.1 Å². The number of hydrogen-bond donors (Lipinski definition) is 2. The van der Waals surface area contributed by atoms with Crippen molar-refractivity contribution in [2.45, 2.75) is 81.7 Å². The molecule has 1 heterocycles. The SMILES string of the molecule is Cc1ccc(S(=O)(=O)N2CCCCC2CCNC(=O)C(=O)NC2CCCCC2)cc1. The van der Waals surface area contributed by atoms with Crippen LogP contribution in [-0.2, 0) is 19.6 Å². The van der Waals surface area contributed by atoms with E-state index in [-0.39, 0.29) is 18.6 Å². The van der Waals surface area contributed by atoms with Crippen LogP contribution in [0.2, 0.25) is 0 Å². The van der Waals surface area contributed by atoms with E-state index < -0.39 is 21.8 Å². The van der Waals surface area contributed by atoms with Gasteiger partial charge in [0.05, 0.1) is 4.90 Å². The molecule has 1 atom stereocenters. The van der Waals surface area contributed by atoms with Crippen molar-refractivity contribution in [1.82, 2.24) is 14.9 Å². The van der Waals surface area contributed by atoms with Crippen molar-refractivity contribution < 1.29 is 18.0 Å². The summed E-state index contributed by atoms with van der Waals surface area (Å²) in [5.74, 6) is -1.22. The number of piperidine rings is 1. The summed E-state index contributed by atoms with van der Waals surface area (Å²) in [5.41, 5.74) is 1.01. The van der Waals surface area contributed by atoms with Crippen LogP contribution >= 0.6 is 0 Å². The molecule has 0 radical (unpaired) electrons. The molecule has 2 aliphatic rings. The smallest absolute Gasteiger partial charge is 0.309 e. The van der Waals surface area contributed by atoms with Crippen molar-refractivity contribution in [3.8, 4) is 0 Å². The van der Waals surface area contributed by atoms with E-state index in [1.165, 1.54) is 6.42 Å². The molecule has 1 saturated heterocycles. The lowest BCUT2D eigenvalue weighted by Gasteiger charge is -2.34. The molecule has 1 aliphatic heterocycles. The fraction of sp³-hybridized carbons (Fsp3) is 0.636. The summed E-state index contributed by atoms with van der Waals surface area (Å²) < 4.78 is 27.8. The number of carbonyl (C=O) groups is 2. The molecule has 2 fully saturated rings. The first-order valence-corrected chi connectivity index (χ1v) is 12.5. The molecule has 2 N–H and O–H groups in total. The average Bonchev–Trinajstić information content (AvgIpc) is 2.75. The van der Waals surface area contributed by atoms with Crippen molar-refractivity contribution in [1.29, 1.82) is 0 Å². The Morgan fingerprint density at radius 3 is 2.33 bits per heavy atom. The predicted octanol–water partition coefficient (Wildman–Crippen LogP) is 2.49. The Morgan fingerprint density at radius 1 is 0.967 bits per heavy atom. The maximum Gasteiger partial charge on any atom is 0.309 e. The second kappa shape index (κ2) is 10.4. The minimum absolute atomic E-state index is 0.0884. The standard InChI is InChI=1S/C22H33N3O4S/c1-17-10-12-20(13-11-17)30(28,29)25-16-6-5-9-19(25)14-15-23-21(26)22(27)24-18-7-3-2-4-8-18/h10-13,18-19H,2-9,14-16H2,1H3,(H,23,26)(H,24,27). The molecular formula is C22H33N3O4S. The number of carbonyl (C=O) groups excluding carboxylic acids is 2. The summed E-state index contributed by atoms with van der Waals surface area (Å²) in [7, 11) is -3.57. The van der Waals surface area contributed by atoms with Crippen LogP contribution in [0.25, 0.3) is 0 Å². The largest absolute Gasteiger partial charge is 0.348 e. The molecule has 0 spiro atoms. The normalized spacial score (nSPS) is 21.2. The summed E-state index contributed by atoms with van der Waals surface area (Å²) in [5, 5.41) is 5.47. The third-order valence-electron chi connectivity index (χ3n) is 6.11. The molecule has 1 saturated carbocycles. The van der Waals surface area contributed by atoms with Crippen molar-refractivity contribution >= 4 is 21.8 Å². The van der Waals surface area contributed by atoms with Gasteiger partial charge in [0.1, 0.15) is 0 Å². The second-order valence-electron chi connectivity index (χ2n) is 8.43. The first-order valence-electron chi connectivity index (χ1n) is 11.0. The number of benzene rings is 1. The lowest BCUT2D eigenvalue weighted by Crippen LogP contribution is -2.47. The maximum absolute atomic E-state index is 13.1. The van der Waals surface area contributed by atoms with Gasteiger partial charge in [0.15, 0.2) is 0 Å². The lowest BCUT2D eigenvalue weighted by molar-refractivity contribution is -0.139. The van der Waals surface area contributed by atoms with Gasteiger partial charge >= 0.3 is 11.8 Å². The van der Waals surface area contributed by atoms with Gasteiger partial charge < -0.3 is 10.6 Å². The Bertz CT molecular complexity index is 832. The van der Waals surface area contributed by atoms with Gasteiger partial charge in [-0.15, -0.1) is 0 Å². The van der Waals surface area contributed by atoms with E-state index in [2.05, 4.69) is 10.6 Å². The van der Waals surface area contributed by atoms with Crippen LogP contribution in [0.3, 0.4) is 0 Å². The van der Waals surface area contributed by atoms with Crippen LogP contribution < -0.4 is 10.6 Å². The number of nitrogens with zero attached hydrogens (tertiary/aromatic N) is 1. The molecule has 1 aliphatic carbocycles. The van der Waals surface area contributed by atoms with Gasteiger partial charge in [-0.05, 0) is 51.2 Å². The fourth-order valence-corrected chi connectivity index (χ4v) is 6.08. The Labute approximate surface area is 179 Å². The van der Waals surface area contributed by atoms with Gasteiger partial charge in [-0.25, -0.2) is 8.42 Å². The van der Waals surface area contributed by atoms with Crippen LogP contribution in [0.15, 0.2) is 29.2 Å². The van der Waals surface area contributed by atoms with Crippen LogP contribution in [0, 0.1) is 6.92 Å². The number of nitrogens with one attached hydrogen (secondary N) is 2. The van der Waals surface area contributed by atoms with Crippen molar-refractivity contribution in [3.63, 3.8) is 0 Å². The maximum atomic E-state index is 13.1. The van der Waals surface area contributed by atoms with Gasteiger partial charge in [0.2, 0.25) is 10.0 Å². The van der Waals surface area contributed by atoms with Gasteiger partial charge in [-0.3, -0.25) is 9.59 Å². The van der Waals surface area contributed by atoms with Crippen LogP contribution in [0.5, 0.6) is 0 Å². The van der Waals surface area contributed by atoms with Gasteiger partial charge in [0, 0.05) is 25.2 Å². The molecule has 2 amide bonds. The minimum atomic E-state index is -3.57. The third kappa shape index (κ3) is 5.82. The molecule has 166 valence electrons. The van der Waals surface area contributed by atoms with Crippen LogP contribution in [0.4, 0.5) is 0 Å². The molecule has 1 aromatic carbocycles. The molecule has 1 unspecified atom stereocenters. The van der Waals surface area contributed by atoms with Crippen LogP contribution in [0.1, 0.15) is 63.4 Å². The summed E-state index contributed by atoms with van der Waals surface area (Å²) >= 11 is 0. The molecule has 30 heavy (non-hydrogen) atoms. The number of rotatable bonds is 6. The Balaban J connectivity index is 1.53. The van der Waals surface area contributed by atoms with E-state index in [0.717, 1.165) is 50.5 Å². The highest BCUT2D eigenvalue weighted by Gasteiger charge is 2.33.